The normalized spacial score (nSPS) is 26.4. The summed E-state index contributed by atoms with van der Waals surface area (Å²) in [6.07, 6.45) is 6.35. The Bertz CT molecular complexity index is 1100. The number of hydrogen-bond acceptors (Lipinski definition) is 5. The highest BCUT2D eigenvalue weighted by atomic mass is 35.5. The van der Waals surface area contributed by atoms with Crippen LogP contribution in [0.1, 0.15) is 47.2 Å². The molecule has 1 heterocycles. The first-order chi connectivity index (χ1) is 16.4. The van der Waals surface area contributed by atoms with E-state index in [0.29, 0.717) is 18.1 Å². The molecule has 2 aliphatic carbocycles. The predicted molar refractivity (Wildman–Crippen MR) is 134 cm³/mol. The SMILES string of the molecule is C=CC(O)[C@@H]1CC[C@H]1CN1C[C@@]2(CCCc3cc(Cl)ccc32)COc2ccc(C(=O)OC)cc21. The van der Waals surface area contributed by atoms with Crippen molar-refractivity contribution in [2.24, 2.45) is 11.8 Å². The summed E-state index contributed by atoms with van der Waals surface area (Å²) in [5, 5.41) is 11.2. The number of nitrogens with zero attached hydrogens (tertiary/aromatic N) is 1. The quantitative estimate of drug-likeness (QED) is 0.471. The van der Waals surface area contributed by atoms with Gasteiger partial charge in [-0.3, -0.25) is 0 Å². The molecule has 5 rings (SSSR count). The second-order valence-corrected chi connectivity index (χ2v) is 10.4. The molecule has 4 atom stereocenters. The van der Waals surface area contributed by atoms with E-state index in [0.717, 1.165) is 61.7 Å². The van der Waals surface area contributed by atoms with E-state index in [-0.39, 0.29) is 17.3 Å². The van der Waals surface area contributed by atoms with Crippen LogP contribution in [0.15, 0.2) is 49.1 Å². The van der Waals surface area contributed by atoms with Gasteiger partial charge in [0, 0.05) is 23.5 Å². The van der Waals surface area contributed by atoms with Gasteiger partial charge in [0.05, 0.1) is 31.1 Å². The molecular weight excluding hydrogens is 450 g/mol. The van der Waals surface area contributed by atoms with Crippen molar-refractivity contribution in [1.29, 1.82) is 0 Å². The van der Waals surface area contributed by atoms with Crippen molar-refractivity contribution in [2.75, 3.05) is 31.7 Å². The van der Waals surface area contributed by atoms with E-state index in [2.05, 4.69) is 23.6 Å². The van der Waals surface area contributed by atoms with Crippen molar-refractivity contribution in [3.63, 3.8) is 0 Å². The molecule has 1 spiro atoms. The molecule has 0 aromatic heterocycles. The number of benzene rings is 2. The lowest BCUT2D eigenvalue weighted by Crippen LogP contribution is -2.49. The van der Waals surface area contributed by atoms with Crippen molar-refractivity contribution < 1.29 is 19.4 Å². The Balaban J connectivity index is 1.55. The van der Waals surface area contributed by atoms with Crippen LogP contribution in [0.5, 0.6) is 5.75 Å². The number of ether oxygens (including phenoxy) is 2. The average Bonchev–Trinajstić information content (AvgIpc) is 2.98. The first-order valence-corrected chi connectivity index (χ1v) is 12.5. The number of hydrogen-bond donors (Lipinski definition) is 1. The Morgan fingerprint density at radius 1 is 1.35 bits per heavy atom. The maximum absolute atomic E-state index is 12.3. The van der Waals surface area contributed by atoms with Crippen molar-refractivity contribution in [1.82, 2.24) is 0 Å². The minimum Gasteiger partial charge on any atom is -0.490 e. The summed E-state index contributed by atoms with van der Waals surface area (Å²) < 4.78 is 11.4. The van der Waals surface area contributed by atoms with Crippen molar-refractivity contribution >= 4 is 23.3 Å². The summed E-state index contributed by atoms with van der Waals surface area (Å²) in [6.45, 7) is 5.94. The van der Waals surface area contributed by atoms with Crippen LogP contribution in [0.25, 0.3) is 0 Å². The van der Waals surface area contributed by atoms with Gasteiger partial charge in [0.1, 0.15) is 5.75 Å². The lowest BCUT2D eigenvalue weighted by Gasteiger charge is -2.45. The zero-order chi connectivity index (χ0) is 23.9. The number of aryl methyl sites for hydroxylation is 1. The summed E-state index contributed by atoms with van der Waals surface area (Å²) in [5.41, 5.74) is 3.87. The van der Waals surface area contributed by atoms with Gasteiger partial charge in [-0.2, -0.15) is 0 Å². The second-order valence-electron chi connectivity index (χ2n) is 10.0. The Morgan fingerprint density at radius 3 is 2.94 bits per heavy atom. The second kappa shape index (κ2) is 9.27. The molecular formula is C28H32ClNO4. The number of carbonyl (C=O) groups is 1. The van der Waals surface area contributed by atoms with Gasteiger partial charge in [-0.05, 0) is 85.4 Å². The first kappa shape index (κ1) is 23.3. The van der Waals surface area contributed by atoms with Crippen molar-refractivity contribution in [2.45, 2.75) is 43.6 Å². The summed E-state index contributed by atoms with van der Waals surface area (Å²) in [7, 11) is 1.40. The van der Waals surface area contributed by atoms with Crippen LogP contribution in [-0.4, -0.2) is 44.0 Å². The van der Waals surface area contributed by atoms with Gasteiger partial charge in [-0.25, -0.2) is 4.79 Å². The first-order valence-electron chi connectivity index (χ1n) is 12.1. The van der Waals surface area contributed by atoms with E-state index in [1.165, 1.54) is 18.2 Å². The monoisotopic (exact) mass is 481 g/mol. The molecule has 1 fully saturated rings. The van der Waals surface area contributed by atoms with Crippen LogP contribution in [-0.2, 0) is 16.6 Å². The van der Waals surface area contributed by atoms with Gasteiger partial charge in [0.2, 0.25) is 0 Å². The van der Waals surface area contributed by atoms with Gasteiger partial charge in [-0.15, -0.1) is 6.58 Å². The number of aliphatic hydroxyl groups is 1. The summed E-state index contributed by atoms with van der Waals surface area (Å²) in [6, 6.07) is 11.8. The van der Waals surface area contributed by atoms with E-state index in [9.17, 15) is 9.90 Å². The molecule has 0 amide bonds. The molecule has 0 saturated heterocycles. The topological polar surface area (TPSA) is 59.0 Å². The lowest BCUT2D eigenvalue weighted by atomic mass is 9.68. The standard InChI is InChI=1S/C28H32ClNO4/c1-3-25(31)22-9-6-20(22)15-30-16-28(12-4-5-18-13-21(29)8-10-23(18)28)17-34-26-11-7-19(14-24(26)30)27(32)33-2/h3,7-8,10-11,13-14,20,22,25,31H,1,4-6,9,12,15-17H2,2H3/t20-,22+,25?,28-/m0/s1. The highest BCUT2D eigenvalue weighted by molar-refractivity contribution is 6.30. The Hall–Kier alpha value is -2.50. The Labute approximate surface area is 206 Å². The minimum absolute atomic E-state index is 0.168. The number of rotatable bonds is 5. The number of carbonyl (C=O) groups excluding carboxylic acids is 1. The van der Waals surface area contributed by atoms with Crippen molar-refractivity contribution in [3.8, 4) is 5.75 Å². The van der Waals surface area contributed by atoms with Crippen molar-refractivity contribution in [3.05, 3.63) is 70.8 Å². The highest BCUT2D eigenvalue weighted by Gasteiger charge is 2.44. The van der Waals surface area contributed by atoms with Crippen LogP contribution in [0.3, 0.4) is 0 Å². The number of esters is 1. The lowest BCUT2D eigenvalue weighted by molar-refractivity contribution is 0.0460. The Morgan fingerprint density at radius 2 is 2.21 bits per heavy atom. The van der Waals surface area contributed by atoms with E-state index >= 15 is 0 Å². The molecule has 6 heteroatoms. The predicted octanol–water partition coefficient (Wildman–Crippen LogP) is 5.17. The molecule has 34 heavy (non-hydrogen) atoms. The smallest absolute Gasteiger partial charge is 0.337 e. The van der Waals surface area contributed by atoms with Gasteiger partial charge >= 0.3 is 5.97 Å². The average molecular weight is 482 g/mol. The minimum atomic E-state index is -0.491. The molecule has 180 valence electrons. The Kier molecular flexibility index (Phi) is 6.34. The summed E-state index contributed by atoms with van der Waals surface area (Å²) in [4.78, 5) is 14.7. The molecule has 0 radical (unpaired) electrons. The fraction of sp³-hybridized carbons (Fsp3) is 0.464. The van der Waals surface area contributed by atoms with Gasteiger partial charge in [-0.1, -0.05) is 23.7 Å². The number of aliphatic hydroxyl groups excluding tert-OH is 1. The summed E-state index contributed by atoms with van der Waals surface area (Å²) >= 11 is 6.34. The molecule has 5 nitrogen and oxygen atoms in total. The molecule has 1 N–H and O–H groups in total. The van der Waals surface area contributed by atoms with Crippen LogP contribution in [0.2, 0.25) is 5.02 Å². The third-order valence-electron chi connectivity index (χ3n) is 8.07. The molecule has 2 aromatic rings. The van der Waals surface area contributed by atoms with E-state index in [4.69, 9.17) is 21.1 Å². The largest absolute Gasteiger partial charge is 0.490 e. The van der Waals surface area contributed by atoms with E-state index in [1.807, 2.05) is 18.2 Å². The number of anilines is 1. The molecule has 0 bridgehead atoms. The van der Waals surface area contributed by atoms with Gasteiger partial charge in [0.25, 0.3) is 0 Å². The zero-order valence-corrected chi connectivity index (χ0v) is 20.4. The van der Waals surface area contributed by atoms with Crippen LogP contribution < -0.4 is 9.64 Å². The van der Waals surface area contributed by atoms with Crippen LogP contribution in [0, 0.1) is 11.8 Å². The maximum Gasteiger partial charge on any atom is 0.337 e. The third kappa shape index (κ3) is 4.09. The highest BCUT2D eigenvalue weighted by Crippen LogP contribution is 2.46. The molecule has 2 aromatic carbocycles. The van der Waals surface area contributed by atoms with Gasteiger partial charge < -0.3 is 19.5 Å². The van der Waals surface area contributed by atoms with E-state index < -0.39 is 6.10 Å². The fourth-order valence-corrected chi connectivity index (χ4v) is 6.28. The van der Waals surface area contributed by atoms with Crippen LogP contribution in [0.4, 0.5) is 5.69 Å². The molecule has 1 saturated carbocycles. The summed E-state index contributed by atoms with van der Waals surface area (Å²) in [5.74, 6) is 0.988. The van der Waals surface area contributed by atoms with Gasteiger partial charge in [0.15, 0.2) is 0 Å². The van der Waals surface area contributed by atoms with Crippen LogP contribution >= 0.6 is 11.6 Å². The molecule has 1 unspecified atom stereocenters. The number of fused-ring (bicyclic) bond motifs is 3. The fourth-order valence-electron chi connectivity index (χ4n) is 6.09. The maximum atomic E-state index is 12.3. The third-order valence-corrected chi connectivity index (χ3v) is 8.30. The number of halogens is 1. The molecule has 1 aliphatic heterocycles. The zero-order valence-electron chi connectivity index (χ0n) is 19.6. The molecule has 3 aliphatic rings. The van der Waals surface area contributed by atoms with E-state index in [1.54, 1.807) is 12.1 Å². The number of methoxy groups -OCH3 is 1.